The summed E-state index contributed by atoms with van der Waals surface area (Å²) in [6.45, 7) is 3.08. The Morgan fingerprint density at radius 1 is 1.22 bits per heavy atom. The van der Waals surface area contributed by atoms with Crippen molar-refractivity contribution < 1.29 is 45.4 Å². The zero-order chi connectivity index (χ0) is 30.5. The van der Waals surface area contributed by atoms with E-state index in [1.807, 2.05) is 0 Å². The summed E-state index contributed by atoms with van der Waals surface area (Å²) in [6.07, 6.45) is -7.53. The Balaban J connectivity index is 1.92. The van der Waals surface area contributed by atoms with Crippen LogP contribution in [-0.4, -0.2) is 79.6 Å². The number of aliphatic hydroxyl groups excluding tert-OH is 1. The number of rotatable bonds is 9. The molecular formula is C27H33F4N3O6S. The van der Waals surface area contributed by atoms with Crippen LogP contribution >= 0.6 is 0 Å². The lowest BCUT2D eigenvalue weighted by atomic mass is 10.0. The summed E-state index contributed by atoms with van der Waals surface area (Å²) >= 11 is 0. The molecule has 0 fully saturated rings. The van der Waals surface area contributed by atoms with Crippen LogP contribution in [0.5, 0.6) is 5.75 Å². The van der Waals surface area contributed by atoms with Crippen LogP contribution in [-0.2, 0) is 26.0 Å². The van der Waals surface area contributed by atoms with E-state index in [0.717, 1.165) is 28.6 Å². The third kappa shape index (κ3) is 8.63. The third-order valence-electron chi connectivity index (χ3n) is 6.79. The average Bonchev–Trinajstić information content (AvgIpc) is 2.94. The highest BCUT2D eigenvalue weighted by molar-refractivity contribution is 7.89. The highest BCUT2D eigenvalue weighted by Gasteiger charge is 2.34. The van der Waals surface area contributed by atoms with Gasteiger partial charge in [0.25, 0.3) is 0 Å². The van der Waals surface area contributed by atoms with Gasteiger partial charge in [0.2, 0.25) is 21.8 Å². The molecule has 1 aliphatic rings. The van der Waals surface area contributed by atoms with Gasteiger partial charge in [-0.3, -0.25) is 9.59 Å². The van der Waals surface area contributed by atoms with Gasteiger partial charge >= 0.3 is 6.18 Å². The molecule has 0 bridgehead atoms. The summed E-state index contributed by atoms with van der Waals surface area (Å²) < 4.78 is 84.5. The second-order valence-corrected chi connectivity index (χ2v) is 12.2. The number of fused-ring (bicyclic) bond motifs is 1. The monoisotopic (exact) mass is 603 g/mol. The van der Waals surface area contributed by atoms with Crippen molar-refractivity contribution in [1.29, 1.82) is 0 Å². The first kappa shape index (κ1) is 32.3. The SMILES string of the molecule is C[C@@H]1CN([C@@H](C)CO)C(=O)Cc2cc(NC(=O)CCC(F)(F)F)ccc2O[C@@H]1CN(C)S(=O)(=O)c1ccc(F)cc1. The minimum atomic E-state index is -4.49. The fourth-order valence-corrected chi connectivity index (χ4v) is 5.53. The Morgan fingerprint density at radius 3 is 2.49 bits per heavy atom. The number of ether oxygens (including phenoxy) is 1. The second kappa shape index (κ2) is 13.2. The molecule has 226 valence electrons. The number of alkyl halides is 3. The maximum Gasteiger partial charge on any atom is 0.389 e. The number of aliphatic hydroxyl groups is 1. The largest absolute Gasteiger partial charge is 0.488 e. The molecule has 0 radical (unpaired) electrons. The van der Waals surface area contributed by atoms with E-state index >= 15 is 0 Å². The molecule has 3 rings (SSSR count). The molecule has 2 aromatic carbocycles. The van der Waals surface area contributed by atoms with Crippen molar-refractivity contribution in [3.8, 4) is 5.75 Å². The molecule has 1 aliphatic heterocycles. The number of hydrogen-bond acceptors (Lipinski definition) is 6. The van der Waals surface area contributed by atoms with Crippen molar-refractivity contribution in [3.05, 3.63) is 53.8 Å². The number of nitrogens with one attached hydrogen (secondary N) is 1. The highest BCUT2D eigenvalue weighted by Crippen LogP contribution is 2.30. The molecule has 1 heterocycles. The summed E-state index contributed by atoms with van der Waals surface area (Å²) in [5.74, 6) is -2.00. The first-order valence-electron chi connectivity index (χ1n) is 12.9. The number of sulfonamides is 1. The van der Waals surface area contributed by atoms with Crippen molar-refractivity contribution in [2.45, 2.75) is 56.3 Å². The van der Waals surface area contributed by atoms with Crippen LogP contribution in [0.25, 0.3) is 0 Å². The summed E-state index contributed by atoms with van der Waals surface area (Å²) in [4.78, 5) is 26.7. The quantitative estimate of drug-likeness (QED) is 0.424. The van der Waals surface area contributed by atoms with E-state index in [-0.39, 0.29) is 48.4 Å². The van der Waals surface area contributed by atoms with Crippen LogP contribution in [0.1, 0.15) is 32.3 Å². The van der Waals surface area contributed by atoms with Crippen molar-refractivity contribution in [1.82, 2.24) is 9.21 Å². The zero-order valence-corrected chi connectivity index (χ0v) is 23.6. The standard InChI is InChI=1S/C27H33F4N3O6S/c1-17-14-34(18(2)16-35)26(37)13-19-12-21(32-25(36)10-11-27(29,30)31)6-9-23(19)40-24(17)15-33(3)41(38,39)22-7-4-20(28)5-8-22/h4-9,12,17-18,24,35H,10-11,13-16H2,1-3H3,(H,32,36)/t17-,18+,24-/m1/s1. The Morgan fingerprint density at radius 2 is 1.88 bits per heavy atom. The number of halogens is 4. The predicted molar refractivity (Wildman–Crippen MR) is 142 cm³/mol. The zero-order valence-electron chi connectivity index (χ0n) is 22.8. The number of carbonyl (C=O) groups excluding carboxylic acids is 2. The van der Waals surface area contributed by atoms with Crippen LogP contribution in [0.2, 0.25) is 0 Å². The first-order chi connectivity index (χ1) is 19.1. The average molecular weight is 604 g/mol. The smallest absolute Gasteiger partial charge is 0.389 e. The molecule has 0 aliphatic carbocycles. The van der Waals surface area contributed by atoms with Crippen molar-refractivity contribution >= 4 is 27.5 Å². The summed E-state index contributed by atoms with van der Waals surface area (Å²) in [6, 6.07) is 8.10. The van der Waals surface area contributed by atoms with E-state index in [0.29, 0.717) is 5.56 Å². The Hall–Kier alpha value is -3.23. The summed E-state index contributed by atoms with van der Waals surface area (Å²) in [7, 11) is -2.68. The van der Waals surface area contributed by atoms with Crippen LogP contribution < -0.4 is 10.1 Å². The van der Waals surface area contributed by atoms with E-state index in [2.05, 4.69) is 5.32 Å². The predicted octanol–water partition coefficient (Wildman–Crippen LogP) is 3.58. The minimum Gasteiger partial charge on any atom is -0.488 e. The summed E-state index contributed by atoms with van der Waals surface area (Å²) in [5.41, 5.74) is 0.482. The number of benzene rings is 2. The second-order valence-electron chi connectivity index (χ2n) is 10.1. The molecule has 0 saturated carbocycles. The first-order valence-corrected chi connectivity index (χ1v) is 14.3. The van der Waals surface area contributed by atoms with Gasteiger partial charge in [0.1, 0.15) is 17.7 Å². The lowest BCUT2D eigenvalue weighted by molar-refractivity contribution is -0.142. The molecule has 3 atom stereocenters. The van der Waals surface area contributed by atoms with E-state index < -0.39 is 58.8 Å². The fourth-order valence-electron chi connectivity index (χ4n) is 4.34. The highest BCUT2D eigenvalue weighted by atomic mass is 32.2. The molecule has 2 aromatic rings. The molecule has 0 aromatic heterocycles. The molecule has 0 saturated heterocycles. The van der Waals surface area contributed by atoms with Gasteiger partial charge in [0.15, 0.2) is 0 Å². The topological polar surface area (TPSA) is 116 Å². The van der Waals surface area contributed by atoms with E-state index in [1.165, 1.54) is 30.1 Å². The summed E-state index contributed by atoms with van der Waals surface area (Å²) in [5, 5.41) is 12.2. The number of amides is 2. The third-order valence-corrected chi connectivity index (χ3v) is 8.63. The number of anilines is 1. The van der Waals surface area contributed by atoms with E-state index in [9.17, 15) is 40.7 Å². The fraction of sp³-hybridized carbons (Fsp3) is 0.481. The van der Waals surface area contributed by atoms with E-state index in [4.69, 9.17) is 4.74 Å². The van der Waals surface area contributed by atoms with Crippen LogP contribution in [0.3, 0.4) is 0 Å². The molecule has 2 N–H and O–H groups in total. The Kier molecular flexibility index (Phi) is 10.4. The van der Waals surface area contributed by atoms with Crippen molar-refractivity contribution in [2.24, 2.45) is 5.92 Å². The number of carbonyl (C=O) groups is 2. The molecule has 9 nitrogen and oxygen atoms in total. The van der Waals surface area contributed by atoms with Gasteiger partial charge in [-0.15, -0.1) is 0 Å². The van der Waals surface area contributed by atoms with Gasteiger partial charge in [-0.2, -0.15) is 17.5 Å². The van der Waals surface area contributed by atoms with Crippen LogP contribution in [0.4, 0.5) is 23.2 Å². The molecule has 0 spiro atoms. The van der Waals surface area contributed by atoms with Gasteiger partial charge in [-0.1, -0.05) is 6.92 Å². The molecular weight excluding hydrogens is 570 g/mol. The molecule has 0 unspecified atom stereocenters. The van der Waals surface area contributed by atoms with E-state index in [1.54, 1.807) is 13.8 Å². The van der Waals surface area contributed by atoms with Gasteiger partial charge < -0.3 is 20.1 Å². The van der Waals surface area contributed by atoms with Crippen LogP contribution in [0, 0.1) is 11.7 Å². The maximum atomic E-state index is 13.4. The number of nitrogens with zero attached hydrogens (tertiary/aromatic N) is 2. The van der Waals surface area contributed by atoms with Gasteiger partial charge in [-0.05, 0) is 49.4 Å². The van der Waals surface area contributed by atoms with Crippen LogP contribution in [0.15, 0.2) is 47.4 Å². The van der Waals surface area contributed by atoms with Gasteiger partial charge in [-0.25, -0.2) is 12.8 Å². The van der Waals surface area contributed by atoms with Gasteiger partial charge in [0, 0.05) is 37.2 Å². The van der Waals surface area contributed by atoms with Gasteiger partial charge in [0.05, 0.1) is 36.9 Å². The normalized spacial score (nSPS) is 19.0. The number of likely N-dealkylation sites (N-methyl/N-ethyl adjacent to an activating group) is 1. The van der Waals surface area contributed by atoms with Crippen molar-refractivity contribution in [2.75, 3.05) is 32.1 Å². The maximum absolute atomic E-state index is 13.4. The lowest BCUT2D eigenvalue weighted by Gasteiger charge is -2.33. The molecule has 14 heteroatoms. The number of hydrogen-bond donors (Lipinski definition) is 2. The lowest BCUT2D eigenvalue weighted by Crippen LogP contribution is -2.48. The molecule has 41 heavy (non-hydrogen) atoms. The van der Waals surface area contributed by atoms with Crippen molar-refractivity contribution in [3.63, 3.8) is 0 Å². The molecule has 2 amide bonds. The minimum absolute atomic E-state index is 0.117. The Bertz CT molecular complexity index is 1340. The Labute approximate surface area is 236 Å².